The Balaban J connectivity index is 1.91. The summed E-state index contributed by atoms with van der Waals surface area (Å²) in [7, 11) is 0. The van der Waals surface area contributed by atoms with E-state index in [0.29, 0.717) is 6.61 Å². The molecule has 0 bridgehead atoms. The highest BCUT2D eigenvalue weighted by Crippen LogP contribution is 2.40. The van der Waals surface area contributed by atoms with E-state index >= 15 is 0 Å². The molecular formula is C14H26O3. The van der Waals surface area contributed by atoms with E-state index in [2.05, 4.69) is 6.92 Å². The molecule has 3 heteroatoms. The lowest BCUT2D eigenvalue weighted by Crippen LogP contribution is -2.43. The lowest BCUT2D eigenvalue weighted by molar-refractivity contribution is -0.206. The molecule has 17 heavy (non-hydrogen) atoms. The van der Waals surface area contributed by atoms with Crippen LogP contribution in [0.15, 0.2) is 0 Å². The van der Waals surface area contributed by atoms with Gasteiger partial charge in [-0.1, -0.05) is 26.2 Å². The van der Waals surface area contributed by atoms with Crippen molar-refractivity contribution in [2.24, 2.45) is 0 Å². The molecule has 2 aliphatic rings. The van der Waals surface area contributed by atoms with Crippen LogP contribution in [0.5, 0.6) is 0 Å². The van der Waals surface area contributed by atoms with Crippen molar-refractivity contribution in [1.82, 2.24) is 0 Å². The SMILES string of the molecule is CCCC[C@](C)(O)[C@H]1COC2(CCCCC2)O1. The van der Waals surface area contributed by atoms with Crippen molar-refractivity contribution < 1.29 is 14.6 Å². The van der Waals surface area contributed by atoms with Gasteiger partial charge in [-0.2, -0.15) is 0 Å². The van der Waals surface area contributed by atoms with Gasteiger partial charge in [0.15, 0.2) is 5.79 Å². The molecule has 3 nitrogen and oxygen atoms in total. The number of rotatable bonds is 4. The molecule has 2 atom stereocenters. The Kier molecular flexibility index (Phi) is 4.11. The van der Waals surface area contributed by atoms with Crippen molar-refractivity contribution in [3.05, 3.63) is 0 Å². The molecule has 100 valence electrons. The third-order valence-corrected chi connectivity index (χ3v) is 4.20. The standard InChI is InChI=1S/C14H26O3/c1-3-4-8-13(2,15)12-11-16-14(17-12)9-6-5-7-10-14/h12,15H,3-11H2,1-2H3/t12-,13+/m1/s1. The van der Waals surface area contributed by atoms with E-state index < -0.39 is 5.60 Å². The van der Waals surface area contributed by atoms with E-state index in [0.717, 1.165) is 32.1 Å². The number of hydrogen-bond acceptors (Lipinski definition) is 3. The predicted octanol–water partition coefficient (Wildman–Crippen LogP) is 3.00. The van der Waals surface area contributed by atoms with Crippen LogP contribution in [-0.4, -0.2) is 29.2 Å². The first-order valence-corrected chi connectivity index (χ1v) is 7.12. The van der Waals surface area contributed by atoms with Crippen LogP contribution in [0.3, 0.4) is 0 Å². The number of aliphatic hydroxyl groups is 1. The molecule has 1 spiro atoms. The largest absolute Gasteiger partial charge is 0.387 e. The van der Waals surface area contributed by atoms with Crippen LogP contribution in [-0.2, 0) is 9.47 Å². The fourth-order valence-electron chi connectivity index (χ4n) is 2.91. The van der Waals surface area contributed by atoms with Crippen LogP contribution in [0.25, 0.3) is 0 Å². The van der Waals surface area contributed by atoms with Gasteiger partial charge in [-0.15, -0.1) is 0 Å². The van der Waals surface area contributed by atoms with Crippen LogP contribution in [0, 0.1) is 0 Å². The second-order valence-corrected chi connectivity index (χ2v) is 5.85. The molecule has 0 amide bonds. The van der Waals surface area contributed by atoms with Gasteiger partial charge in [0.05, 0.1) is 12.2 Å². The van der Waals surface area contributed by atoms with E-state index in [-0.39, 0.29) is 11.9 Å². The van der Waals surface area contributed by atoms with Gasteiger partial charge in [0, 0.05) is 12.8 Å². The molecule has 0 radical (unpaired) electrons. The first-order chi connectivity index (χ1) is 8.08. The maximum Gasteiger partial charge on any atom is 0.169 e. The van der Waals surface area contributed by atoms with Crippen molar-refractivity contribution in [2.75, 3.05) is 6.61 Å². The average Bonchev–Trinajstić information content (AvgIpc) is 2.72. The molecule has 1 aliphatic carbocycles. The first-order valence-electron chi connectivity index (χ1n) is 7.12. The second kappa shape index (κ2) is 5.25. The summed E-state index contributed by atoms with van der Waals surface area (Å²) in [6, 6.07) is 0. The first kappa shape index (κ1) is 13.3. The molecule has 0 aromatic carbocycles. The predicted molar refractivity (Wildman–Crippen MR) is 66.8 cm³/mol. The molecule has 2 fully saturated rings. The third-order valence-electron chi connectivity index (χ3n) is 4.20. The molecule has 1 aliphatic heterocycles. The zero-order valence-corrected chi connectivity index (χ0v) is 11.2. The Morgan fingerprint density at radius 3 is 2.65 bits per heavy atom. The van der Waals surface area contributed by atoms with Gasteiger partial charge in [0.2, 0.25) is 0 Å². The normalized spacial score (nSPS) is 31.6. The zero-order valence-electron chi connectivity index (χ0n) is 11.2. The van der Waals surface area contributed by atoms with E-state index in [1.54, 1.807) is 0 Å². The third kappa shape index (κ3) is 3.01. The van der Waals surface area contributed by atoms with Gasteiger partial charge in [0.1, 0.15) is 6.10 Å². The second-order valence-electron chi connectivity index (χ2n) is 5.85. The number of ether oxygens (including phenoxy) is 2. The average molecular weight is 242 g/mol. The summed E-state index contributed by atoms with van der Waals surface area (Å²) in [6.07, 6.45) is 8.44. The number of hydrogen-bond donors (Lipinski definition) is 1. The molecule has 2 rings (SSSR count). The fraction of sp³-hybridized carbons (Fsp3) is 1.00. The maximum absolute atomic E-state index is 10.5. The van der Waals surface area contributed by atoms with Crippen molar-refractivity contribution >= 4 is 0 Å². The zero-order chi connectivity index (χ0) is 12.4. The lowest BCUT2D eigenvalue weighted by atomic mass is 9.92. The minimum atomic E-state index is -0.739. The van der Waals surface area contributed by atoms with Gasteiger partial charge in [-0.25, -0.2) is 0 Å². The number of unbranched alkanes of at least 4 members (excludes halogenated alkanes) is 1. The summed E-state index contributed by atoms with van der Waals surface area (Å²) in [4.78, 5) is 0. The Hall–Kier alpha value is -0.120. The Morgan fingerprint density at radius 2 is 2.00 bits per heavy atom. The topological polar surface area (TPSA) is 38.7 Å². The Labute approximate surface area is 104 Å². The van der Waals surface area contributed by atoms with Crippen LogP contribution in [0.2, 0.25) is 0 Å². The Morgan fingerprint density at radius 1 is 1.29 bits per heavy atom. The summed E-state index contributed by atoms with van der Waals surface area (Å²) in [5.41, 5.74) is -0.739. The molecule has 1 heterocycles. The minimum absolute atomic E-state index is 0.146. The fourth-order valence-corrected chi connectivity index (χ4v) is 2.91. The quantitative estimate of drug-likeness (QED) is 0.823. The molecule has 0 unspecified atom stereocenters. The highest BCUT2D eigenvalue weighted by Gasteiger charge is 2.47. The van der Waals surface area contributed by atoms with Gasteiger partial charge in [-0.3, -0.25) is 0 Å². The van der Waals surface area contributed by atoms with Crippen LogP contribution >= 0.6 is 0 Å². The highest BCUT2D eigenvalue weighted by atomic mass is 16.7. The van der Waals surface area contributed by atoms with Gasteiger partial charge in [-0.05, 0) is 26.2 Å². The van der Waals surface area contributed by atoms with E-state index in [1.807, 2.05) is 6.92 Å². The van der Waals surface area contributed by atoms with Crippen LogP contribution < -0.4 is 0 Å². The monoisotopic (exact) mass is 242 g/mol. The van der Waals surface area contributed by atoms with Gasteiger partial charge >= 0.3 is 0 Å². The lowest BCUT2D eigenvalue weighted by Gasteiger charge is -2.34. The molecule has 1 N–H and O–H groups in total. The molecule has 0 aromatic rings. The van der Waals surface area contributed by atoms with Crippen molar-refractivity contribution in [2.45, 2.75) is 82.7 Å². The summed E-state index contributed by atoms with van der Waals surface area (Å²) in [6.45, 7) is 4.58. The minimum Gasteiger partial charge on any atom is -0.387 e. The molecule has 1 saturated heterocycles. The van der Waals surface area contributed by atoms with E-state index in [9.17, 15) is 5.11 Å². The van der Waals surface area contributed by atoms with Crippen molar-refractivity contribution in [1.29, 1.82) is 0 Å². The van der Waals surface area contributed by atoms with Crippen molar-refractivity contribution in [3.63, 3.8) is 0 Å². The summed E-state index contributed by atoms with van der Waals surface area (Å²) in [5.74, 6) is -0.362. The highest BCUT2D eigenvalue weighted by molar-refractivity contribution is 4.91. The summed E-state index contributed by atoms with van der Waals surface area (Å²) >= 11 is 0. The molecule has 0 aromatic heterocycles. The van der Waals surface area contributed by atoms with E-state index in [1.165, 1.54) is 19.3 Å². The Bertz CT molecular complexity index is 244. The van der Waals surface area contributed by atoms with Crippen LogP contribution in [0.1, 0.15) is 65.2 Å². The van der Waals surface area contributed by atoms with Gasteiger partial charge < -0.3 is 14.6 Å². The van der Waals surface area contributed by atoms with E-state index in [4.69, 9.17) is 9.47 Å². The molecular weight excluding hydrogens is 216 g/mol. The van der Waals surface area contributed by atoms with Gasteiger partial charge in [0.25, 0.3) is 0 Å². The summed E-state index contributed by atoms with van der Waals surface area (Å²) < 4.78 is 12.0. The van der Waals surface area contributed by atoms with Crippen LogP contribution in [0.4, 0.5) is 0 Å². The maximum atomic E-state index is 10.5. The summed E-state index contributed by atoms with van der Waals surface area (Å²) in [5, 5.41) is 10.5. The van der Waals surface area contributed by atoms with Crippen molar-refractivity contribution in [3.8, 4) is 0 Å². The molecule has 1 saturated carbocycles. The smallest absolute Gasteiger partial charge is 0.169 e.